The Morgan fingerprint density at radius 3 is 2.58 bits per heavy atom. The second-order valence-electron chi connectivity index (χ2n) is 4.82. The SMILES string of the molecule is CCCc1csc(NC(=O)OC(C)CC)c1CCC. The predicted molar refractivity (Wildman–Crippen MR) is 82.2 cm³/mol. The highest BCUT2D eigenvalue weighted by molar-refractivity contribution is 7.14. The van der Waals surface area contributed by atoms with Crippen LogP contribution in [0.2, 0.25) is 0 Å². The van der Waals surface area contributed by atoms with Crippen LogP contribution >= 0.6 is 11.3 Å². The molecule has 0 aromatic carbocycles. The maximum absolute atomic E-state index is 11.8. The van der Waals surface area contributed by atoms with Gasteiger partial charge >= 0.3 is 6.09 Å². The van der Waals surface area contributed by atoms with Crippen molar-refractivity contribution < 1.29 is 9.53 Å². The summed E-state index contributed by atoms with van der Waals surface area (Å²) >= 11 is 1.61. The van der Waals surface area contributed by atoms with Crippen LogP contribution in [0.1, 0.15) is 58.1 Å². The van der Waals surface area contributed by atoms with Crippen molar-refractivity contribution >= 4 is 22.4 Å². The third kappa shape index (κ3) is 4.86. The van der Waals surface area contributed by atoms with Gasteiger partial charge in [-0.3, -0.25) is 5.32 Å². The molecule has 1 amide bonds. The van der Waals surface area contributed by atoms with E-state index in [1.54, 1.807) is 11.3 Å². The van der Waals surface area contributed by atoms with Gasteiger partial charge in [-0.05, 0) is 42.7 Å². The van der Waals surface area contributed by atoms with Gasteiger partial charge in [0.2, 0.25) is 0 Å². The molecule has 0 aliphatic carbocycles. The van der Waals surface area contributed by atoms with E-state index in [4.69, 9.17) is 4.74 Å². The molecule has 1 N–H and O–H groups in total. The molecule has 1 aromatic heterocycles. The van der Waals surface area contributed by atoms with Crippen molar-refractivity contribution in [1.29, 1.82) is 0 Å². The Morgan fingerprint density at radius 2 is 2.00 bits per heavy atom. The number of hydrogen-bond acceptors (Lipinski definition) is 3. The van der Waals surface area contributed by atoms with Crippen LogP contribution in [0.5, 0.6) is 0 Å². The minimum absolute atomic E-state index is 0.0373. The molecule has 1 unspecified atom stereocenters. The summed E-state index contributed by atoms with van der Waals surface area (Å²) in [6.07, 6.45) is 4.76. The summed E-state index contributed by atoms with van der Waals surface area (Å²) in [6, 6.07) is 0. The number of rotatable bonds is 7. The van der Waals surface area contributed by atoms with Crippen molar-refractivity contribution in [3.05, 3.63) is 16.5 Å². The number of carbonyl (C=O) groups is 1. The van der Waals surface area contributed by atoms with Gasteiger partial charge in [0.25, 0.3) is 0 Å². The van der Waals surface area contributed by atoms with E-state index in [0.717, 1.165) is 37.1 Å². The third-order valence-electron chi connectivity index (χ3n) is 3.10. The van der Waals surface area contributed by atoms with Gasteiger partial charge in [-0.15, -0.1) is 11.3 Å². The van der Waals surface area contributed by atoms with Gasteiger partial charge in [-0.2, -0.15) is 0 Å². The Balaban J connectivity index is 2.74. The summed E-state index contributed by atoms with van der Waals surface area (Å²) in [6.45, 7) is 8.25. The molecule has 0 radical (unpaired) electrons. The molecule has 0 spiro atoms. The van der Waals surface area contributed by atoms with Gasteiger partial charge < -0.3 is 4.74 Å². The van der Waals surface area contributed by atoms with E-state index in [-0.39, 0.29) is 12.2 Å². The molecule has 1 heterocycles. The molecule has 1 rings (SSSR count). The minimum atomic E-state index is -0.336. The number of hydrogen-bond donors (Lipinski definition) is 1. The van der Waals surface area contributed by atoms with Gasteiger partial charge in [-0.1, -0.05) is 33.6 Å². The number of nitrogens with one attached hydrogen (secondary N) is 1. The number of ether oxygens (including phenoxy) is 1. The lowest BCUT2D eigenvalue weighted by molar-refractivity contribution is 0.118. The molecule has 1 atom stereocenters. The van der Waals surface area contributed by atoms with Crippen LogP contribution in [0.25, 0.3) is 0 Å². The van der Waals surface area contributed by atoms with Crippen molar-refractivity contribution in [3.8, 4) is 0 Å². The molecule has 0 saturated heterocycles. The lowest BCUT2D eigenvalue weighted by Crippen LogP contribution is -2.19. The lowest BCUT2D eigenvalue weighted by Gasteiger charge is -2.12. The van der Waals surface area contributed by atoms with Crippen molar-refractivity contribution in [2.24, 2.45) is 0 Å². The zero-order valence-corrected chi connectivity index (χ0v) is 13.2. The van der Waals surface area contributed by atoms with Gasteiger partial charge in [0.15, 0.2) is 0 Å². The summed E-state index contributed by atoms with van der Waals surface area (Å²) in [4.78, 5) is 11.8. The number of anilines is 1. The summed E-state index contributed by atoms with van der Waals surface area (Å²) in [5.41, 5.74) is 2.66. The minimum Gasteiger partial charge on any atom is -0.446 e. The zero-order chi connectivity index (χ0) is 14.3. The number of aryl methyl sites for hydroxylation is 1. The molecule has 0 bridgehead atoms. The first kappa shape index (κ1) is 16.0. The Bertz CT molecular complexity index is 401. The largest absolute Gasteiger partial charge is 0.446 e. The molecule has 0 aliphatic rings. The van der Waals surface area contributed by atoms with Gasteiger partial charge in [-0.25, -0.2) is 4.79 Å². The molecule has 1 aromatic rings. The lowest BCUT2D eigenvalue weighted by atomic mass is 10.0. The Labute approximate surface area is 120 Å². The number of thiophene rings is 1. The van der Waals surface area contributed by atoms with Crippen LogP contribution in [0.15, 0.2) is 5.38 Å². The molecular weight excluding hydrogens is 258 g/mol. The van der Waals surface area contributed by atoms with E-state index in [0.29, 0.717) is 0 Å². The van der Waals surface area contributed by atoms with Gasteiger partial charge in [0, 0.05) is 0 Å². The molecule has 3 nitrogen and oxygen atoms in total. The average molecular weight is 283 g/mol. The summed E-state index contributed by atoms with van der Waals surface area (Å²) in [7, 11) is 0. The van der Waals surface area contributed by atoms with E-state index < -0.39 is 0 Å². The standard InChI is InChI=1S/C15H25NO2S/c1-5-8-12-10-19-14(13(12)9-6-2)16-15(17)18-11(4)7-3/h10-11H,5-9H2,1-4H3,(H,16,17). The quantitative estimate of drug-likeness (QED) is 0.764. The Hall–Kier alpha value is -1.03. The highest BCUT2D eigenvalue weighted by atomic mass is 32.1. The van der Waals surface area contributed by atoms with Crippen LogP contribution < -0.4 is 5.32 Å². The smallest absolute Gasteiger partial charge is 0.412 e. The van der Waals surface area contributed by atoms with Crippen LogP contribution in [0.4, 0.5) is 9.80 Å². The normalized spacial score (nSPS) is 12.2. The van der Waals surface area contributed by atoms with E-state index in [2.05, 4.69) is 24.5 Å². The fraction of sp³-hybridized carbons (Fsp3) is 0.667. The summed E-state index contributed by atoms with van der Waals surface area (Å²) in [5.74, 6) is 0. The van der Waals surface area contributed by atoms with E-state index in [1.165, 1.54) is 11.1 Å². The Morgan fingerprint density at radius 1 is 1.32 bits per heavy atom. The maximum Gasteiger partial charge on any atom is 0.412 e. The highest BCUT2D eigenvalue weighted by Gasteiger charge is 2.14. The maximum atomic E-state index is 11.8. The number of amides is 1. The monoisotopic (exact) mass is 283 g/mol. The first-order valence-corrected chi connectivity index (χ1v) is 8.07. The van der Waals surface area contributed by atoms with Crippen LogP contribution in [0, 0.1) is 0 Å². The van der Waals surface area contributed by atoms with Crippen molar-refractivity contribution in [1.82, 2.24) is 0 Å². The summed E-state index contributed by atoms with van der Waals surface area (Å²) in [5, 5.41) is 6.01. The van der Waals surface area contributed by atoms with Crippen molar-refractivity contribution in [2.45, 2.75) is 65.9 Å². The molecule has 0 aliphatic heterocycles. The van der Waals surface area contributed by atoms with E-state index in [1.807, 2.05) is 13.8 Å². The molecule has 108 valence electrons. The van der Waals surface area contributed by atoms with Crippen LogP contribution in [0.3, 0.4) is 0 Å². The number of carbonyl (C=O) groups excluding carboxylic acids is 1. The average Bonchev–Trinajstić information content (AvgIpc) is 2.73. The highest BCUT2D eigenvalue weighted by Crippen LogP contribution is 2.30. The second kappa shape index (κ2) is 8.20. The van der Waals surface area contributed by atoms with E-state index >= 15 is 0 Å². The van der Waals surface area contributed by atoms with Gasteiger partial charge in [0.1, 0.15) is 11.1 Å². The zero-order valence-electron chi connectivity index (χ0n) is 12.4. The fourth-order valence-corrected chi connectivity index (χ4v) is 2.95. The first-order valence-electron chi connectivity index (χ1n) is 7.19. The van der Waals surface area contributed by atoms with E-state index in [9.17, 15) is 4.79 Å². The second-order valence-corrected chi connectivity index (χ2v) is 5.70. The van der Waals surface area contributed by atoms with Crippen LogP contribution in [-0.4, -0.2) is 12.2 Å². The molecule has 0 fully saturated rings. The fourth-order valence-electron chi connectivity index (χ4n) is 1.91. The van der Waals surface area contributed by atoms with Gasteiger partial charge in [0.05, 0.1) is 0 Å². The van der Waals surface area contributed by atoms with Crippen molar-refractivity contribution in [2.75, 3.05) is 5.32 Å². The summed E-state index contributed by atoms with van der Waals surface area (Å²) < 4.78 is 5.26. The molecule has 19 heavy (non-hydrogen) atoms. The Kier molecular flexibility index (Phi) is 6.92. The molecule has 0 saturated carbocycles. The predicted octanol–water partition coefficient (Wildman–Crippen LogP) is 5.00. The third-order valence-corrected chi connectivity index (χ3v) is 4.09. The molecular formula is C15H25NO2S. The first-order chi connectivity index (χ1) is 9.12. The molecule has 4 heteroatoms. The van der Waals surface area contributed by atoms with Crippen molar-refractivity contribution in [3.63, 3.8) is 0 Å². The topological polar surface area (TPSA) is 38.3 Å². The van der Waals surface area contributed by atoms with Crippen LogP contribution in [-0.2, 0) is 17.6 Å².